The summed E-state index contributed by atoms with van der Waals surface area (Å²) in [6, 6.07) is 5.07. The number of benzene rings is 1. The summed E-state index contributed by atoms with van der Waals surface area (Å²) in [5.41, 5.74) is 6.45. The Morgan fingerprint density at radius 3 is 2.38 bits per heavy atom. The molecule has 4 nitrogen and oxygen atoms in total. The van der Waals surface area contributed by atoms with Crippen molar-refractivity contribution >= 4 is 24.8 Å². The maximum Gasteiger partial charge on any atom is 0.491 e. The van der Waals surface area contributed by atoms with Crippen LogP contribution < -0.4 is 5.73 Å². The van der Waals surface area contributed by atoms with Crippen LogP contribution >= 0.6 is 11.6 Å². The van der Waals surface area contributed by atoms with Crippen LogP contribution in [0.25, 0.3) is 6.08 Å². The number of phenolic OH excluding ortho intramolecular Hbond substituents is 1. The predicted octanol–water partition coefficient (Wildman–Crippen LogP) is 3.02. The van der Waals surface area contributed by atoms with Gasteiger partial charge in [-0.3, -0.25) is 0 Å². The summed E-state index contributed by atoms with van der Waals surface area (Å²) in [5, 5.41) is 9.95. The van der Waals surface area contributed by atoms with E-state index in [9.17, 15) is 5.11 Å². The lowest BCUT2D eigenvalue weighted by molar-refractivity contribution is 0.00578. The second-order valence-corrected chi connectivity index (χ2v) is 6.57. The molecule has 2 rings (SSSR count). The van der Waals surface area contributed by atoms with Crippen molar-refractivity contribution in [1.29, 1.82) is 0 Å². The Kier molecular flexibility index (Phi) is 4.40. The van der Waals surface area contributed by atoms with Crippen molar-refractivity contribution in [1.82, 2.24) is 0 Å². The van der Waals surface area contributed by atoms with Crippen molar-refractivity contribution in [3.63, 3.8) is 0 Å². The first-order chi connectivity index (χ1) is 9.68. The average Bonchev–Trinajstić information content (AvgIpc) is 2.60. The molecule has 1 heterocycles. The summed E-state index contributed by atoms with van der Waals surface area (Å²) in [6.07, 6.45) is 1.81. The molecular formula is C15H21BClNO3. The van der Waals surface area contributed by atoms with Crippen LogP contribution in [0, 0.1) is 0 Å². The highest BCUT2D eigenvalue weighted by Gasteiger charge is 2.52. The van der Waals surface area contributed by atoms with Gasteiger partial charge in [-0.2, -0.15) is 0 Å². The molecule has 0 bridgehead atoms. The van der Waals surface area contributed by atoms with E-state index in [-0.39, 0.29) is 12.3 Å². The van der Waals surface area contributed by atoms with Crippen LogP contribution in [0.4, 0.5) is 0 Å². The highest BCUT2D eigenvalue weighted by atomic mass is 35.5. The summed E-state index contributed by atoms with van der Waals surface area (Å²) >= 11 is 6.10. The number of hydrogen-bond donors (Lipinski definition) is 2. The molecule has 0 amide bonds. The molecular weight excluding hydrogens is 288 g/mol. The lowest BCUT2D eigenvalue weighted by Crippen LogP contribution is -2.41. The molecule has 1 fully saturated rings. The third-order valence-electron chi connectivity index (χ3n) is 4.14. The lowest BCUT2D eigenvalue weighted by atomic mass is 9.77. The number of nitrogens with two attached hydrogens (primary N) is 1. The van der Waals surface area contributed by atoms with Gasteiger partial charge in [-0.1, -0.05) is 29.8 Å². The zero-order valence-corrected chi connectivity index (χ0v) is 13.6. The highest BCUT2D eigenvalue weighted by molar-refractivity contribution is 6.56. The van der Waals surface area contributed by atoms with E-state index in [2.05, 4.69) is 0 Å². The van der Waals surface area contributed by atoms with Crippen LogP contribution in [0.5, 0.6) is 5.75 Å². The van der Waals surface area contributed by atoms with E-state index in [1.165, 1.54) is 6.07 Å². The Bertz CT molecular complexity index is 556. The molecule has 6 heteroatoms. The van der Waals surface area contributed by atoms with Crippen LogP contribution in [0.15, 0.2) is 23.7 Å². The van der Waals surface area contributed by atoms with Crippen LogP contribution in [0.1, 0.15) is 33.3 Å². The largest absolute Gasteiger partial charge is 0.506 e. The topological polar surface area (TPSA) is 64.7 Å². The molecule has 1 saturated heterocycles. The second-order valence-electron chi connectivity index (χ2n) is 6.19. The van der Waals surface area contributed by atoms with E-state index in [4.69, 9.17) is 26.6 Å². The Labute approximate surface area is 131 Å². The average molecular weight is 310 g/mol. The highest BCUT2D eigenvalue weighted by Crippen LogP contribution is 2.39. The fraction of sp³-hybridized carbons (Fsp3) is 0.467. The SMILES string of the molecule is CC1(C)OB(C(=Cc2cccc(O)c2Cl)CN)OC1(C)C. The van der Waals surface area contributed by atoms with Gasteiger partial charge in [-0.25, -0.2) is 0 Å². The Morgan fingerprint density at radius 2 is 1.86 bits per heavy atom. The quantitative estimate of drug-likeness (QED) is 0.842. The van der Waals surface area contributed by atoms with Crippen molar-refractivity contribution in [3.05, 3.63) is 34.3 Å². The minimum atomic E-state index is -0.515. The molecule has 0 aromatic heterocycles. The number of rotatable bonds is 3. The fourth-order valence-electron chi connectivity index (χ4n) is 2.07. The van der Waals surface area contributed by atoms with Gasteiger partial charge in [-0.15, -0.1) is 0 Å². The smallest absolute Gasteiger partial charge is 0.491 e. The van der Waals surface area contributed by atoms with Crippen molar-refractivity contribution < 1.29 is 14.4 Å². The van der Waals surface area contributed by atoms with Gasteiger partial charge in [-0.05, 0) is 44.8 Å². The zero-order valence-electron chi connectivity index (χ0n) is 12.8. The summed E-state index contributed by atoms with van der Waals surface area (Å²) in [4.78, 5) is 0. The van der Waals surface area contributed by atoms with Gasteiger partial charge in [0.05, 0.1) is 16.2 Å². The Hall–Kier alpha value is -1.01. The monoisotopic (exact) mass is 309 g/mol. The number of aromatic hydroxyl groups is 1. The van der Waals surface area contributed by atoms with Gasteiger partial charge in [0.15, 0.2) is 0 Å². The van der Waals surface area contributed by atoms with Gasteiger partial charge in [0, 0.05) is 6.54 Å². The summed E-state index contributed by atoms with van der Waals surface area (Å²) in [7, 11) is -0.515. The van der Waals surface area contributed by atoms with Crippen molar-refractivity contribution in [3.8, 4) is 5.75 Å². The first-order valence-electron chi connectivity index (χ1n) is 6.91. The normalized spacial score (nSPS) is 20.9. The minimum absolute atomic E-state index is 0.0377. The van der Waals surface area contributed by atoms with E-state index in [0.29, 0.717) is 10.6 Å². The molecule has 0 saturated carbocycles. The molecule has 0 radical (unpaired) electrons. The van der Waals surface area contributed by atoms with Crippen LogP contribution in [0.2, 0.25) is 5.02 Å². The maximum atomic E-state index is 9.66. The first-order valence-corrected chi connectivity index (χ1v) is 7.29. The van der Waals surface area contributed by atoms with Crippen molar-refractivity contribution in [2.24, 2.45) is 5.73 Å². The fourth-order valence-corrected chi connectivity index (χ4v) is 2.25. The van der Waals surface area contributed by atoms with Crippen LogP contribution in [0.3, 0.4) is 0 Å². The molecule has 1 aromatic carbocycles. The number of halogens is 1. The second kappa shape index (κ2) is 5.65. The number of hydrogen-bond acceptors (Lipinski definition) is 4. The predicted molar refractivity (Wildman–Crippen MR) is 86.2 cm³/mol. The molecule has 1 aromatic rings. The van der Waals surface area contributed by atoms with Gasteiger partial charge in [0.1, 0.15) is 5.75 Å². The molecule has 1 aliphatic rings. The third-order valence-corrected chi connectivity index (χ3v) is 4.55. The molecule has 3 N–H and O–H groups in total. The molecule has 0 spiro atoms. The summed E-state index contributed by atoms with van der Waals surface area (Å²) < 4.78 is 12.0. The van der Waals surface area contributed by atoms with Crippen molar-refractivity contribution in [2.75, 3.05) is 6.54 Å². The van der Waals surface area contributed by atoms with Crippen LogP contribution in [-0.2, 0) is 9.31 Å². The standard InChI is InChI=1S/C15H21BClNO3/c1-14(2)15(3,4)21-16(20-14)11(9-18)8-10-6-5-7-12(19)13(10)17/h5-8,19H,9,18H2,1-4H3. The summed E-state index contributed by atoms with van der Waals surface area (Å²) in [5.74, 6) is 0.0377. The maximum absolute atomic E-state index is 9.66. The molecule has 1 aliphatic heterocycles. The van der Waals surface area contributed by atoms with Gasteiger partial charge >= 0.3 is 7.12 Å². The molecule has 21 heavy (non-hydrogen) atoms. The van der Waals surface area contributed by atoms with E-state index < -0.39 is 18.3 Å². The minimum Gasteiger partial charge on any atom is -0.506 e. The lowest BCUT2D eigenvalue weighted by Gasteiger charge is -2.32. The van der Waals surface area contributed by atoms with E-state index >= 15 is 0 Å². The third kappa shape index (κ3) is 3.11. The van der Waals surface area contributed by atoms with E-state index in [0.717, 1.165) is 5.47 Å². The molecule has 0 unspecified atom stereocenters. The van der Waals surface area contributed by atoms with Crippen molar-refractivity contribution in [2.45, 2.75) is 38.9 Å². The zero-order chi connectivity index (χ0) is 15.8. The Morgan fingerprint density at radius 1 is 1.29 bits per heavy atom. The van der Waals surface area contributed by atoms with Gasteiger partial charge in [0.2, 0.25) is 0 Å². The van der Waals surface area contributed by atoms with Gasteiger partial charge < -0.3 is 20.1 Å². The number of phenols is 1. The van der Waals surface area contributed by atoms with Crippen LogP contribution in [-0.4, -0.2) is 30.0 Å². The van der Waals surface area contributed by atoms with Gasteiger partial charge in [0.25, 0.3) is 0 Å². The first kappa shape index (κ1) is 16.4. The Balaban J connectivity index is 2.33. The summed E-state index contributed by atoms with van der Waals surface area (Å²) in [6.45, 7) is 8.23. The molecule has 114 valence electrons. The molecule has 0 aliphatic carbocycles. The molecule has 0 atom stereocenters. The van der Waals surface area contributed by atoms with E-state index in [1.807, 2.05) is 39.8 Å². The van der Waals surface area contributed by atoms with E-state index in [1.54, 1.807) is 6.07 Å².